The Labute approximate surface area is 196 Å². The SMILES string of the molecule is Cc1cc(NC(=O)c2ccc(C)c(S(=O)(=O)N3CCOCC3)c2)n(-c2ccc([N+](=O)[O-])cc2)n1. The number of ether oxygens (including phenoxy) is 1. The molecule has 4 rings (SSSR count). The van der Waals surface area contributed by atoms with Crippen molar-refractivity contribution in [3.63, 3.8) is 0 Å². The standard InChI is InChI=1S/C22H23N5O6S/c1-15-3-4-17(14-20(15)34(31,32)25-9-11-33-12-10-25)22(28)23-21-13-16(2)24-26(21)18-5-7-19(8-6-18)27(29)30/h3-8,13-14H,9-12H2,1-2H3,(H,23,28). The first-order valence-corrected chi connectivity index (χ1v) is 11.9. The van der Waals surface area contributed by atoms with Crippen LogP contribution < -0.4 is 5.32 Å². The summed E-state index contributed by atoms with van der Waals surface area (Å²) in [6, 6.07) is 11.9. The van der Waals surface area contributed by atoms with Gasteiger partial charge in [-0.05, 0) is 43.7 Å². The summed E-state index contributed by atoms with van der Waals surface area (Å²) in [5, 5.41) is 18.0. The number of nitrogens with one attached hydrogen (secondary N) is 1. The van der Waals surface area contributed by atoms with E-state index in [-0.39, 0.29) is 29.2 Å². The third kappa shape index (κ3) is 4.69. The molecule has 2 heterocycles. The van der Waals surface area contributed by atoms with Gasteiger partial charge in [-0.3, -0.25) is 14.9 Å². The zero-order chi connectivity index (χ0) is 24.5. The number of nitrogens with zero attached hydrogens (tertiary/aromatic N) is 4. The molecule has 3 aromatic rings. The molecule has 12 heteroatoms. The molecule has 1 amide bonds. The van der Waals surface area contributed by atoms with Gasteiger partial charge >= 0.3 is 0 Å². The van der Waals surface area contributed by atoms with Gasteiger partial charge in [-0.25, -0.2) is 13.1 Å². The molecule has 0 spiro atoms. The van der Waals surface area contributed by atoms with Crippen molar-refractivity contribution in [2.45, 2.75) is 18.7 Å². The number of aryl methyl sites for hydroxylation is 2. The van der Waals surface area contributed by atoms with Crippen molar-refractivity contribution in [2.75, 3.05) is 31.6 Å². The number of sulfonamides is 1. The number of carbonyl (C=O) groups is 1. The maximum Gasteiger partial charge on any atom is 0.269 e. The van der Waals surface area contributed by atoms with Crippen LogP contribution >= 0.6 is 0 Å². The average Bonchev–Trinajstić information content (AvgIpc) is 3.19. The number of anilines is 1. The van der Waals surface area contributed by atoms with E-state index in [0.717, 1.165) is 0 Å². The molecule has 0 unspecified atom stereocenters. The molecule has 1 aliphatic heterocycles. The van der Waals surface area contributed by atoms with Crippen LogP contribution in [0.4, 0.5) is 11.5 Å². The lowest BCUT2D eigenvalue weighted by atomic mass is 10.1. The minimum absolute atomic E-state index is 0.0631. The first-order chi connectivity index (χ1) is 16.2. The molecule has 178 valence electrons. The molecular weight excluding hydrogens is 462 g/mol. The zero-order valence-electron chi connectivity index (χ0n) is 18.6. The van der Waals surface area contributed by atoms with Crippen LogP contribution in [-0.4, -0.2) is 59.6 Å². The zero-order valence-corrected chi connectivity index (χ0v) is 19.4. The molecule has 2 aromatic carbocycles. The number of rotatable bonds is 6. The molecule has 1 aromatic heterocycles. The maximum absolute atomic E-state index is 13.1. The number of nitro benzene ring substituents is 1. The Morgan fingerprint density at radius 1 is 1.09 bits per heavy atom. The summed E-state index contributed by atoms with van der Waals surface area (Å²) in [5.74, 6) is -0.170. The molecule has 1 fully saturated rings. The summed E-state index contributed by atoms with van der Waals surface area (Å²) in [4.78, 5) is 23.5. The van der Waals surface area contributed by atoms with E-state index in [9.17, 15) is 23.3 Å². The smallest absolute Gasteiger partial charge is 0.269 e. The van der Waals surface area contributed by atoms with Crippen LogP contribution in [0.15, 0.2) is 53.4 Å². The second-order valence-electron chi connectivity index (χ2n) is 7.81. The van der Waals surface area contributed by atoms with Crippen LogP contribution in [0, 0.1) is 24.0 Å². The van der Waals surface area contributed by atoms with Gasteiger partial charge in [-0.15, -0.1) is 0 Å². The number of benzene rings is 2. The van der Waals surface area contributed by atoms with Gasteiger partial charge in [0.15, 0.2) is 0 Å². The Hall–Kier alpha value is -3.61. The van der Waals surface area contributed by atoms with Crippen LogP contribution in [-0.2, 0) is 14.8 Å². The second-order valence-corrected chi connectivity index (χ2v) is 9.71. The van der Waals surface area contributed by atoms with Crippen molar-refractivity contribution in [3.05, 3.63) is 75.5 Å². The number of hydrogen-bond donors (Lipinski definition) is 1. The second kappa shape index (κ2) is 9.33. The van der Waals surface area contributed by atoms with E-state index in [0.29, 0.717) is 36.0 Å². The molecule has 0 bridgehead atoms. The number of aromatic nitrogens is 2. The maximum atomic E-state index is 13.1. The highest BCUT2D eigenvalue weighted by Crippen LogP contribution is 2.24. The van der Waals surface area contributed by atoms with Crippen LogP contribution in [0.2, 0.25) is 0 Å². The van der Waals surface area contributed by atoms with Crippen molar-refractivity contribution in [3.8, 4) is 5.69 Å². The van der Waals surface area contributed by atoms with Crippen molar-refractivity contribution in [1.29, 1.82) is 0 Å². The molecule has 1 saturated heterocycles. The predicted molar refractivity (Wildman–Crippen MR) is 124 cm³/mol. The number of non-ortho nitro benzene ring substituents is 1. The molecule has 0 aliphatic carbocycles. The Kier molecular flexibility index (Phi) is 6.46. The van der Waals surface area contributed by atoms with Gasteiger partial charge in [0.2, 0.25) is 10.0 Å². The summed E-state index contributed by atoms with van der Waals surface area (Å²) >= 11 is 0. The molecular formula is C22H23N5O6S. The lowest BCUT2D eigenvalue weighted by Gasteiger charge is -2.26. The quantitative estimate of drug-likeness (QED) is 0.419. The first kappa shape index (κ1) is 23.5. The molecule has 0 saturated carbocycles. The topological polar surface area (TPSA) is 137 Å². The van der Waals surface area contributed by atoms with E-state index < -0.39 is 20.9 Å². The van der Waals surface area contributed by atoms with Crippen molar-refractivity contribution in [1.82, 2.24) is 14.1 Å². The minimum Gasteiger partial charge on any atom is -0.379 e. The highest BCUT2D eigenvalue weighted by Gasteiger charge is 2.28. The van der Waals surface area contributed by atoms with Crippen LogP contribution in [0.3, 0.4) is 0 Å². The Balaban J connectivity index is 1.62. The van der Waals surface area contributed by atoms with E-state index in [2.05, 4.69) is 10.4 Å². The van der Waals surface area contributed by atoms with Gasteiger partial charge in [-0.2, -0.15) is 9.40 Å². The van der Waals surface area contributed by atoms with Gasteiger partial charge in [-0.1, -0.05) is 6.07 Å². The fourth-order valence-corrected chi connectivity index (χ4v) is 5.29. The van der Waals surface area contributed by atoms with Gasteiger partial charge in [0, 0.05) is 36.9 Å². The normalized spacial score (nSPS) is 14.6. The Morgan fingerprint density at radius 3 is 2.41 bits per heavy atom. The Bertz CT molecular complexity index is 1340. The lowest BCUT2D eigenvalue weighted by Crippen LogP contribution is -2.40. The van der Waals surface area contributed by atoms with E-state index in [1.165, 1.54) is 39.3 Å². The summed E-state index contributed by atoms with van der Waals surface area (Å²) in [7, 11) is -3.78. The minimum atomic E-state index is -3.78. The van der Waals surface area contributed by atoms with Crippen molar-refractivity contribution >= 4 is 27.4 Å². The van der Waals surface area contributed by atoms with Crippen LogP contribution in [0.25, 0.3) is 5.69 Å². The summed E-state index contributed by atoms with van der Waals surface area (Å²) in [6.07, 6.45) is 0. The molecule has 0 radical (unpaired) electrons. The highest BCUT2D eigenvalue weighted by atomic mass is 32.2. The third-order valence-corrected chi connectivity index (χ3v) is 7.46. The number of amides is 1. The number of morpholine rings is 1. The van der Waals surface area contributed by atoms with Crippen molar-refractivity contribution < 1.29 is 22.9 Å². The molecule has 1 N–H and O–H groups in total. The number of carbonyl (C=O) groups excluding carboxylic acids is 1. The van der Waals surface area contributed by atoms with E-state index in [4.69, 9.17) is 4.74 Å². The van der Waals surface area contributed by atoms with Gasteiger partial charge < -0.3 is 10.1 Å². The van der Waals surface area contributed by atoms with Gasteiger partial charge in [0.25, 0.3) is 11.6 Å². The largest absolute Gasteiger partial charge is 0.379 e. The summed E-state index contributed by atoms with van der Waals surface area (Å²) in [5.41, 5.74) is 1.79. The van der Waals surface area contributed by atoms with E-state index in [1.807, 2.05) is 0 Å². The third-order valence-electron chi connectivity index (χ3n) is 5.42. The fourth-order valence-electron chi connectivity index (χ4n) is 3.63. The van der Waals surface area contributed by atoms with Crippen LogP contribution in [0.1, 0.15) is 21.6 Å². The molecule has 34 heavy (non-hydrogen) atoms. The highest BCUT2D eigenvalue weighted by molar-refractivity contribution is 7.89. The average molecular weight is 486 g/mol. The summed E-state index contributed by atoms with van der Waals surface area (Å²) < 4.78 is 34.3. The van der Waals surface area contributed by atoms with Crippen molar-refractivity contribution in [2.24, 2.45) is 0 Å². The van der Waals surface area contributed by atoms with Crippen LogP contribution in [0.5, 0.6) is 0 Å². The van der Waals surface area contributed by atoms with E-state index in [1.54, 1.807) is 32.0 Å². The monoisotopic (exact) mass is 485 g/mol. The fraction of sp³-hybridized carbons (Fsp3) is 0.273. The van der Waals surface area contributed by atoms with E-state index >= 15 is 0 Å². The van der Waals surface area contributed by atoms with Gasteiger partial charge in [0.1, 0.15) is 5.82 Å². The Morgan fingerprint density at radius 2 is 1.76 bits per heavy atom. The predicted octanol–water partition coefficient (Wildman–Crippen LogP) is 2.67. The molecule has 11 nitrogen and oxygen atoms in total. The number of nitro groups is 1. The summed E-state index contributed by atoms with van der Waals surface area (Å²) in [6.45, 7) is 4.59. The number of hydrogen-bond acceptors (Lipinski definition) is 7. The lowest BCUT2D eigenvalue weighted by molar-refractivity contribution is -0.384. The first-order valence-electron chi connectivity index (χ1n) is 10.5. The molecule has 1 aliphatic rings. The van der Waals surface area contributed by atoms with Gasteiger partial charge in [0.05, 0.1) is 34.4 Å². The molecule has 0 atom stereocenters.